The highest BCUT2D eigenvalue weighted by molar-refractivity contribution is 7.98. The van der Waals surface area contributed by atoms with Gasteiger partial charge in [-0.05, 0) is 115 Å². The highest BCUT2D eigenvalue weighted by atomic mass is 32.2. The third-order valence-corrected chi connectivity index (χ3v) is 21.8. The summed E-state index contributed by atoms with van der Waals surface area (Å²) in [6.07, 6.45) is 3.83. The number of aromatic hydroxyl groups is 1. The molecule has 38 heteroatoms. The van der Waals surface area contributed by atoms with Crippen molar-refractivity contribution < 1.29 is 95.5 Å². The van der Waals surface area contributed by atoms with Crippen molar-refractivity contribution in [3.63, 3.8) is 0 Å². The number of nitrogens with one attached hydrogen (secondary N) is 12. The fourth-order valence-corrected chi connectivity index (χ4v) is 15.3. The van der Waals surface area contributed by atoms with Gasteiger partial charge in [0.25, 0.3) is 0 Å². The maximum Gasteiger partial charge on any atom is 0.305 e. The summed E-state index contributed by atoms with van der Waals surface area (Å²) in [4.78, 5) is 186. The largest absolute Gasteiger partial charge is 0.508 e. The number of phenolic OH excluding ortho intramolecular Hbond substituents is 1. The van der Waals surface area contributed by atoms with E-state index >= 15 is 28.0 Å². The number of imidazole rings is 1. The van der Waals surface area contributed by atoms with Crippen molar-refractivity contribution in [1.29, 1.82) is 0 Å². The molecular weight excluding hydrogens is 1580 g/mol. The molecule has 1 saturated heterocycles. The lowest BCUT2D eigenvalue weighted by molar-refractivity contribution is -0.147. The van der Waals surface area contributed by atoms with E-state index in [2.05, 4.69) is 67.8 Å². The summed E-state index contributed by atoms with van der Waals surface area (Å²) in [6.45, 7) is 3.97. The molecule has 9 rings (SSSR count). The van der Waals surface area contributed by atoms with Gasteiger partial charge in [0, 0.05) is 127 Å². The Balaban J connectivity index is 0.986. The van der Waals surface area contributed by atoms with Gasteiger partial charge in [-0.2, -0.15) is 23.5 Å². The van der Waals surface area contributed by atoms with Crippen LogP contribution in [0.5, 0.6) is 5.75 Å². The summed E-state index contributed by atoms with van der Waals surface area (Å²) in [7, 11) is 0. The minimum Gasteiger partial charge on any atom is -0.508 e. The molecule has 2 aliphatic heterocycles. The Kier molecular flexibility index (Phi) is 35.6. The Labute approximate surface area is 687 Å². The number of halogens is 2. The average Bonchev–Trinajstić information content (AvgIpc) is 1.60. The number of fused-ring (bicyclic) bond motifs is 5. The highest BCUT2D eigenvalue weighted by Crippen LogP contribution is 2.32. The first-order chi connectivity index (χ1) is 56.8. The number of nitrogens with two attached hydrogens (primary N) is 2. The van der Waals surface area contributed by atoms with Crippen LogP contribution < -0.4 is 59.3 Å². The second-order valence-corrected chi connectivity index (χ2v) is 30.8. The molecule has 0 unspecified atom stereocenters. The average molecular weight is 1680 g/mol. The maximum atomic E-state index is 15.3. The number of benzene rings is 4. The number of hydrogen-bond acceptors (Lipinski definition) is 21. The van der Waals surface area contributed by atoms with E-state index in [0.717, 1.165) is 17.2 Å². The van der Waals surface area contributed by atoms with Crippen LogP contribution in [0.1, 0.15) is 91.8 Å². The normalized spacial score (nSPS) is 21.1. The number of H-pyrrole nitrogens is 3. The number of nitrogens with zero attached hydrogens (tertiary/aromatic N) is 2. The lowest BCUT2D eigenvalue weighted by Crippen LogP contribution is -2.63. The Morgan fingerprint density at radius 1 is 0.627 bits per heavy atom. The molecule has 3 aromatic heterocycles. The number of aromatic amines is 3. The molecule has 0 radical (unpaired) electrons. The molecule has 18 N–H and O–H groups in total. The van der Waals surface area contributed by atoms with Crippen molar-refractivity contribution in [3.05, 3.63) is 155 Å². The van der Waals surface area contributed by atoms with Crippen LogP contribution in [0, 0.1) is 11.6 Å². The van der Waals surface area contributed by atoms with E-state index in [0.29, 0.717) is 91.7 Å². The van der Waals surface area contributed by atoms with Gasteiger partial charge < -0.3 is 108 Å². The van der Waals surface area contributed by atoms with Gasteiger partial charge in [0.2, 0.25) is 65.0 Å². The van der Waals surface area contributed by atoms with Crippen molar-refractivity contribution >= 4 is 116 Å². The number of carboxylic acid groups (broad SMARTS) is 1. The lowest BCUT2D eigenvalue weighted by Gasteiger charge is -2.37. The van der Waals surface area contributed by atoms with Crippen LogP contribution in [0.25, 0.3) is 21.8 Å². The fourth-order valence-electron chi connectivity index (χ4n) is 13.4. The zero-order valence-electron chi connectivity index (χ0n) is 65.3. The number of thioether (sulfide) groups is 2. The molecule has 5 heterocycles. The van der Waals surface area contributed by atoms with Gasteiger partial charge in [-0.1, -0.05) is 36.4 Å². The van der Waals surface area contributed by atoms with Crippen molar-refractivity contribution in [2.24, 2.45) is 11.5 Å². The summed E-state index contributed by atoms with van der Waals surface area (Å²) in [6, 6.07) is 9.53. The number of carboxylic acids is 1. The molecule has 34 nitrogen and oxygen atoms in total. The van der Waals surface area contributed by atoms with E-state index in [4.69, 9.17) is 30.4 Å². The molecule has 8 atom stereocenters. The quantitative estimate of drug-likeness (QED) is 0.0285. The van der Waals surface area contributed by atoms with Crippen LogP contribution in [0.3, 0.4) is 0 Å². The molecule has 636 valence electrons. The van der Waals surface area contributed by atoms with Crippen molar-refractivity contribution in [1.82, 2.24) is 72.7 Å². The van der Waals surface area contributed by atoms with Gasteiger partial charge in [0.1, 0.15) is 65.2 Å². The Bertz CT molecular complexity index is 4580. The maximum absolute atomic E-state index is 15.3. The number of hydrogen-bond donors (Lipinski definition) is 16. The first kappa shape index (κ1) is 90.9. The van der Waals surface area contributed by atoms with Gasteiger partial charge in [-0.15, -0.1) is 0 Å². The summed E-state index contributed by atoms with van der Waals surface area (Å²) >= 11 is 2.74. The van der Waals surface area contributed by atoms with E-state index in [9.17, 15) is 48.6 Å². The SMILES string of the molecule is C[C@@]12CCCN1C(=O)[C@H](Cc1ccc(O)cc1)NC(=O)[C@H](Cc1cnc[nH]1)NC(=O)[C@H](CC(=O)O)NC(=O)[C@H](Cc1c[nH]c3ccc(F)cc13)NC(=O)[C@H](Cc1c[nH]c3ccc(F)cc13)NC(=O)CNC(=O)[C@H](CCCCNC(=O)CCOCCOCCOCCOCCN)NC(=O)CCSCc1cccc(c1)CSC[C@@H](C(N)=O)NC2=O. The topological polar surface area (TPSA) is 506 Å². The van der Waals surface area contributed by atoms with E-state index in [1.54, 1.807) is 0 Å². The van der Waals surface area contributed by atoms with Crippen molar-refractivity contribution in [3.8, 4) is 5.75 Å². The van der Waals surface area contributed by atoms with Crippen LogP contribution in [0.2, 0.25) is 0 Å². The van der Waals surface area contributed by atoms with Gasteiger partial charge in [-0.3, -0.25) is 57.5 Å². The monoisotopic (exact) mass is 1680 g/mol. The Morgan fingerprint density at radius 3 is 1.80 bits per heavy atom. The minimum absolute atomic E-state index is 0.0000842. The first-order valence-corrected chi connectivity index (χ1v) is 41.1. The molecular formula is C80H102F2N16O18S2. The van der Waals surface area contributed by atoms with Gasteiger partial charge >= 0.3 is 5.97 Å². The van der Waals surface area contributed by atoms with Crippen LogP contribution in [0.4, 0.5) is 8.78 Å². The summed E-state index contributed by atoms with van der Waals surface area (Å²) in [5.41, 5.74) is 13.4. The van der Waals surface area contributed by atoms with Gasteiger partial charge in [-0.25, -0.2) is 13.8 Å². The van der Waals surface area contributed by atoms with Crippen molar-refractivity contribution in [2.75, 3.05) is 90.5 Å². The third-order valence-electron chi connectivity index (χ3n) is 19.7. The predicted octanol–water partition coefficient (Wildman–Crippen LogP) is 1.75. The number of rotatable bonds is 30. The summed E-state index contributed by atoms with van der Waals surface area (Å²) in [5.74, 6) is -11.5. The molecule has 2 aliphatic rings. The smallest absolute Gasteiger partial charge is 0.305 e. The number of phenols is 1. The molecule has 7 aromatic rings. The number of carbonyl (C=O) groups is 12. The van der Waals surface area contributed by atoms with Crippen LogP contribution >= 0.6 is 23.5 Å². The summed E-state index contributed by atoms with van der Waals surface area (Å²) < 4.78 is 51.8. The molecule has 1 fully saturated rings. The molecule has 4 aromatic carbocycles. The molecule has 2 bridgehead atoms. The number of unbranched alkanes of at least 4 members (excludes halogenated alkanes) is 1. The van der Waals surface area contributed by atoms with E-state index in [1.165, 1.54) is 115 Å². The fraction of sp³-hybridized carbons (Fsp3) is 0.463. The van der Waals surface area contributed by atoms with Crippen LogP contribution in [0.15, 0.2) is 110 Å². The number of ether oxygens (including phenoxy) is 4. The van der Waals surface area contributed by atoms with E-state index < -0.39 is 157 Å². The number of aromatic nitrogens is 4. The number of amides is 11. The Morgan fingerprint density at radius 2 is 1.19 bits per heavy atom. The first-order valence-electron chi connectivity index (χ1n) is 38.8. The molecule has 11 amide bonds. The summed E-state index contributed by atoms with van der Waals surface area (Å²) in [5, 5.41) is 45.1. The third kappa shape index (κ3) is 28.4. The number of carbonyl (C=O) groups excluding carboxylic acids is 11. The second kappa shape index (κ2) is 46.2. The predicted molar refractivity (Wildman–Crippen MR) is 433 cm³/mol. The number of primary amides is 1. The van der Waals surface area contributed by atoms with E-state index in [-0.39, 0.29) is 111 Å². The Hall–Kier alpha value is -11.0. The zero-order chi connectivity index (χ0) is 84.5. The molecule has 0 spiro atoms. The highest BCUT2D eigenvalue weighted by Gasteiger charge is 2.49. The minimum atomic E-state index is -2.08. The van der Waals surface area contributed by atoms with E-state index in [1.807, 2.05) is 24.3 Å². The van der Waals surface area contributed by atoms with Gasteiger partial charge in [0.05, 0.1) is 72.1 Å². The van der Waals surface area contributed by atoms with Gasteiger partial charge in [0.15, 0.2) is 0 Å². The van der Waals surface area contributed by atoms with Crippen LogP contribution in [-0.2, 0) is 114 Å². The lowest BCUT2D eigenvalue weighted by atomic mass is 9.95. The van der Waals surface area contributed by atoms with Crippen molar-refractivity contribution in [2.45, 2.75) is 143 Å². The molecule has 118 heavy (non-hydrogen) atoms. The zero-order valence-corrected chi connectivity index (χ0v) is 66.9. The van der Waals surface area contributed by atoms with Crippen LogP contribution in [-0.4, -0.2) is 244 Å². The molecule has 0 saturated carbocycles. The number of aliphatic carboxylic acids is 1. The molecule has 0 aliphatic carbocycles. The standard InChI is InChI=1S/C80H102F2N16O18S2/c1-80-19-5-22-98(80)78(111)66(33-48-9-13-56(99)14-10-48)96-76(109)64(38-55-42-85-47-90-55)94-77(110)65(39-71(103)104)95-75(108)63(35-52-41-88-60-16-12-54(82)37-58(52)60)93-74(107)62(34-51-40-87-59-15-11-53(81)36-57(51)59)92-70(102)43-89-73(106)61(8-2-3-21-86-68(100)17-23-113-25-27-115-29-30-116-28-26-114-24-20-83)91-69(101)18-31-117-44-49-6-4-7-50(32-49)45-118-46-67(72(84)105)97-79(80)112/h4,6-7,9-16,32,36-37,40-42,47,61-67,87-88,99H,2-3,5,8,17-31,33-35,38-39,43-46,83H2,1H3,(H2,84,105)(H,85,90)(H,86,100)(H,89,106)(H,91,101)(H,92,102)(H,93,107)(H,94,110)(H,95,108)(H,96,109)(H,97,112)(H,103,104)/t61-,62-,63-,64-,65-,66-,67-,80-/m0/s1. The second-order valence-electron chi connectivity index (χ2n) is 28.6.